The van der Waals surface area contributed by atoms with Crippen LogP contribution in [0, 0.1) is 13.8 Å². The summed E-state index contributed by atoms with van der Waals surface area (Å²) in [6, 6.07) is 15.7. The lowest BCUT2D eigenvalue weighted by atomic mass is 10.0. The Kier molecular flexibility index (Phi) is 5.38. The number of carbonyl (C=O) groups is 2. The third-order valence-corrected chi connectivity index (χ3v) is 6.39. The van der Waals surface area contributed by atoms with Crippen LogP contribution in [0.25, 0.3) is 5.57 Å². The number of carbonyl (C=O) groups excluding carboxylic acids is 2. The maximum absolute atomic E-state index is 13.3. The van der Waals surface area contributed by atoms with Crippen LogP contribution in [-0.4, -0.2) is 36.0 Å². The molecule has 4 nitrogen and oxygen atoms in total. The molecule has 2 aromatic rings. The second-order valence-electron chi connectivity index (χ2n) is 7.27. The molecule has 2 aliphatic heterocycles. The van der Waals surface area contributed by atoms with E-state index in [1.807, 2.05) is 62.4 Å². The van der Waals surface area contributed by atoms with Crippen LogP contribution in [0.4, 0.5) is 0 Å². The number of thioether (sulfide) groups is 1. The van der Waals surface area contributed by atoms with Gasteiger partial charge in [0.25, 0.3) is 11.8 Å². The average molecular weight is 394 g/mol. The number of amides is 2. The van der Waals surface area contributed by atoms with Crippen LogP contribution in [0.3, 0.4) is 0 Å². The lowest BCUT2D eigenvalue weighted by Gasteiger charge is -2.19. The van der Waals surface area contributed by atoms with Gasteiger partial charge in [-0.1, -0.05) is 48.2 Å². The lowest BCUT2D eigenvalue weighted by molar-refractivity contribution is -0.138. The number of benzene rings is 2. The molecule has 2 heterocycles. The van der Waals surface area contributed by atoms with Gasteiger partial charge >= 0.3 is 0 Å². The minimum atomic E-state index is -0.220. The number of ether oxygens (including phenoxy) is 1. The van der Waals surface area contributed by atoms with Crippen molar-refractivity contribution in [2.75, 3.05) is 13.2 Å². The van der Waals surface area contributed by atoms with Crippen molar-refractivity contribution in [1.82, 2.24) is 4.90 Å². The van der Waals surface area contributed by atoms with E-state index < -0.39 is 0 Å². The lowest BCUT2D eigenvalue weighted by Crippen LogP contribution is -2.37. The fourth-order valence-electron chi connectivity index (χ4n) is 3.56. The summed E-state index contributed by atoms with van der Waals surface area (Å²) in [6.45, 7) is 5.09. The first-order valence-electron chi connectivity index (χ1n) is 9.57. The molecule has 2 aromatic carbocycles. The SMILES string of the molecule is Cc1ccc(C2=C(Sc3ccccc3)C(=O)N(CC3CCCO3)C2=O)cc1C. The minimum Gasteiger partial charge on any atom is -0.376 e. The maximum atomic E-state index is 13.3. The molecule has 0 N–H and O–H groups in total. The number of hydrogen-bond acceptors (Lipinski definition) is 4. The monoisotopic (exact) mass is 393 g/mol. The van der Waals surface area contributed by atoms with Crippen molar-refractivity contribution in [2.45, 2.75) is 37.7 Å². The summed E-state index contributed by atoms with van der Waals surface area (Å²) in [5.41, 5.74) is 3.57. The second kappa shape index (κ2) is 7.94. The van der Waals surface area contributed by atoms with Gasteiger partial charge in [0.15, 0.2) is 0 Å². The zero-order valence-electron chi connectivity index (χ0n) is 16.1. The molecular weight excluding hydrogens is 370 g/mol. The van der Waals surface area contributed by atoms with Gasteiger partial charge in [-0.15, -0.1) is 0 Å². The highest BCUT2D eigenvalue weighted by molar-refractivity contribution is 8.04. The van der Waals surface area contributed by atoms with E-state index in [0.717, 1.165) is 34.4 Å². The molecule has 0 saturated carbocycles. The van der Waals surface area contributed by atoms with Crippen molar-refractivity contribution in [3.05, 3.63) is 70.1 Å². The molecule has 1 fully saturated rings. The fraction of sp³-hybridized carbons (Fsp3) is 0.304. The van der Waals surface area contributed by atoms with Crippen LogP contribution < -0.4 is 0 Å². The van der Waals surface area contributed by atoms with Crippen LogP contribution in [0.1, 0.15) is 29.5 Å². The quantitative estimate of drug-likeness (QED) is 0.709. The minimum absolute atomic E-state index is 0.0602. The van der Waals surface area contributed by atoms with Crippen molar-refractivity contribution in [3.8, 4) is 0 Å². The van der Waals surface area contributed by atoms with Gasteiger partial charge in [0.1, 0.15) is 0 Å². The molecule has 0 radical (unpaired) electrons. The molecule has 0 aliphatic carbocycles. The first-order chi connectivity index (χ1) is 13.5. The molecule has 1 atom stereocenters. The van der Waals surface area contributed by atoms with E-state index in [0.29, 0.717) is 23.6 Å². The normalized spacial score (nSPS) is 19.8. The standard InChI is InChI=1S/C23H23NO3S/c1-15-10-11-17(13-16(15)2)20-21(28-19-8-4-3-5-9-19)23(26)24(22(20)25)14-18-7-6-12-27-18/h3-5,8-11,13,18H,6-7,12,14H2,1-2H3. The Morgan fingerprint density at radius 3 is 2.50 bits per heavy atom. The van der Waals surface area contributed by atoms with E-state index in [1.165, 1.54) is 16.7 Å². The molecule has 2 amide bonds. The van der Waals surface area contributed by atoms with Gasteiger partial charge in [0.05, 0.1) is 23.1 Å². The highest BCUT2D eigenvalue weighted by Gasteiger charge is 2.41. The molecule has 1 unspecified atom stereocenters. The van der Waals surface area contributed by atoms with E-state index >= 15 is 0 Å². The molecule has 0 aromatic heterocycles. The zero-order chi connectivity index (χ0) is 19.7. The Hall–Kier alpha value is -2.37. The number of rotatable bonds is 5. The molecule has 5 heteroatoms. The predicted octanol–water partition coefficient (Wildman–Crippen LogP) is 4.35. The molecule has 4 rings (SSSR count). The summed E-state index contributed by atoms with van der Waals surface area (Å²) in [7, 11) is 0. The Labute approximate surface area is 169 Å². The molecule has 0 spiro atoms. The highest BCUT2D eigenvalue weighted by atomic mass is 32.2. The largest absolute Gasteiger partial charge is 0.376 e. The second-order valence-corrected chi connectivity index (χ2v) is 8.36. The molecule has 0 bridgehead atoms. The van der Waals surface area contributed by atoms with Gasteiger partial charge in [0.2, 0.25) is 0 Å². The maximum Gasteiger partial charge on any atom is 0.268 e. The van der Waals surface area contributed by atoms with Crippen LogP contribution >= 0.6 is 11.8 Å². The molecule has 1 saturated heterocycles. The Morgan fingerprint density at radius 2 is 1.82 bits per heavy atom. The number of nitrogens with zero attached hydrogens (tertiary/aromatic N) is 1. The third-order valence-electron chi connectivity index (χ3n) is 5.29. The van der Waals surface area contributed by atoms with Crippen LogP contribution in [0.15, 0.2) is 58.3 Å². The smallest absolute Gasteiger partial charge is 0.268 e. The first-order valence-corrected chi connectivity index (χ1v) is 10.4. The van der Waals surface area contributed by atoms with E-state index in [1.54, 1.807) is 0 Å². The van der Waals surface area contributed by atoms with Gasteiger partial charge in [-0.05, 0) is 55.5 Å². The number of imide groups is 1. The molecule has 144 valence electrons. The van der Waals surface area contributed by atoms with Gasteiger partial charge in [0, 0.05) is 11.5 Å². The van der Waals surface area contributed by atoms with Gasteiger partial charge in [-0.2, -0.15) is 0 Å². The van der Waals surface area contributed by atoms with E-state index in [9.17, 15) is 9.59 Å². The van der Waals surface area contributed by atoms with Crippen LogP contribution in [0.5, 0.6) is 0 Å². The van der Waals surface area contributed by atoms with Crippen molar-refractivity contribution >= 4 is 29.1 Å². The van der Waals surface area contributed by atoms with E-state index in [4.69, 9.17) is 4.74 Å². The van der Waals surface area contributed by atoms with Crippen molar-refractivity contribution < 1.29 is 14.3 Å². The third kappa shape index (κ3) is 3.64. The molecular formula is C23H23NO3S. The predicted molar refractivity (Wildman–Crippen MR) is 111 cm³/mol. The summed E-state index contributed by atoms with van der Waals surface area (Å²) < 4.78 is 5.67. The van der Waals surface area contributed by atoms with E-state index in [2.05, 4.69) is 0 Å². The Bertz CT molecular complexity index is 946. The molecule has 28 heavy (non-hydrogen) atoms. The number of hydrogen-bond donors (Lipinski definition) is 0. The van der Waals surface area contributed by atoms with Crippen molar-refractivity contribution in [1.29, 1.82) is 0 Å². The van der Waals surface area contributed by atoms with Gasteiger partial charge in [-0.3, -0.25) is 14.5 Å². The first kappa shape index (κ1) is 19.0. The zero-order valence-corrected chi connectivity index (χ0v) is 16.9. The number of aryl methyl sites for hydroxylation is 2. The molecule has 2 aliphatic rings. The summed E-state index contributed by atoms with van der Waals surface area (Å²) in [5, 5.41) is 0. The summed E-state index contributed by atoms with van der Waals surface area (Å²) in [5.74, 6) is -0.440. The summed E-state index contributed by atoms with van der Waals surface area (Å²) in [6.07, 6.45) is 1.80. The summed E-state index contributed by atoms with van der Waals surface area (Å²) in [4.78, 5) is 29.3. The fourth-order valence-corrected chi connectivity index (χ4v) is 4.60. The average Bonchev–Trinajstić information content (AvgIpc) is 3.28. The summed E-state index contributed by atoms with van der Waals surface area (Å²) >= 11 is 1.36. The Morgan fingerprint density at radius 1 is 1.04 bits per heavy atom. The topological polar surface area (TPSA) is 46.6 Å². The van der Waals surface area contributed by atoms with E-state index in [-0.39, 0.29) is 17.9 Å². The van der Waals surface area contributed by atoms with Crippen molar-refractivity contribution in [3.63, 3.8) is 0 Å². The van der Waals surface area contributed by atoms with Gasteiger partial charge in [-0.25, -0.2) is 0 Å². The van der Waals surface area contributed by atoms with Crippen LogP contribution in [-0.2, 0) is 14.3 Å². The van der Waals surface area contributed by atoms with Gasteiger partial charge < -0.3 is 4.74 Å². The van der Waals surface area contributed by atoms with Crippen molar-refractivity contribution in [2.24, 2.45) is 0 Å². The highest BCUT2D eigenvalue weighted by Crippen LogP contribution is 2.40. The Balaban J connectivity index is 1.73. The van der Waals surface area contributed by atoms with Crippen LogP contribution in [0.2, 0.25) is 0 Å².